The Balaban J connectivity index is 1.70. The number of hydrogen-bond acceptors (Lipinski definition) is 3. The number of rotatable bonds is 5. The lowest BCUT2D eigenvalue weighted by Crippen LogP contribution is -2.42. The third kappa shape index (κ3) is 2.78. The van der Waals surface area contributed by atoms with Gasteiger partial charge < -0.3 is 10.4 Å². The molecule has 1 fully saturated rings. The second-order valence-corrected chi connectivity index (χ2v) is 6.97. The van der Waals surface area contributed by atoms with Crippen LogP contribution in [0.1, 0.15) is 30.2 Å². The summed E-state index contributed by atoms with van der Waals surface area (Å²) in [6, 6.07) is 9.91. The van der Waals surface area contributed by atoms with Crippen LogP contribution in [0.25, 0.3) is 0 Å². The molecule has 1 aromatic carbocycles. The fourth-order valence-corrected chi connectivity index (χ4v) is 3.44. The van der Waals surface area contributed by atoms with Crippen LogP contribution in [0.2, 0.25) is 0 Å². The van der Waals surface area contributed by atoms with Crippen molar-refractivity contribution in [1.82, 2.24) is 5.32 Å². The molecule has 0 aliphatic heterocycles. The molecular weight excluding hydrogens is 301 g/mol. The van der Waals surface area contributed by atoms with Gasteiger partial charge in [0.15, 0.2) is 0 Å². The van der Waals surface area contributed by atoms with Crippen molar-refractivity contribution in [3.05, 3.63) is 58.0 Å². The molecule has 0 bridgehead atoms. The number of carbonyl (C=O) groups excluding carboxylic acids is 1. The summed E-state index contributed by atoms with van der Waals surface area (Å²) in [7, 11) is 0. The molecule has 1 unspecified atom stereocenters. The van der Waals surface area contributed by atoms with Crippen LogP contribution in [0.5, 0.6) is 0 Å². The predicted octanol–water partition coefficient (Wildman–Crippen LogP) is 2.94. The highest BCUT2D eigenvalue weighted by Crippen LogP contribution is 2.48. The fraction of sp³-hybridized carbons (Fsp3) is 0.353. The van der Waals surface area contributed by atoms with E-state index in [0.29, 0.717) is 18.4 Å². The molecule has 5 heteroatoms. The highest BCUT2D eigenvalue weighted by atomic mass is 32.1. The lowest BCUT2D eigenvalue weighted by atomic mass is 9.94. The third-order valence-electron chi connectivity index (χ3n) is 4.21. The summed E-state index contributed by atoms with van der Waals surface area (Å²) in [4.78, 5) is 13.3. The van der Waals surface area contributed by atoms with E-state index in [4.69, 9.17) is 0 Å². The number of nitrogens with one attached hydrogen (secondary N) is 1. The zero-order valence-electron chi connectivity index (χ0n) is 12.3. The van der Waals surface area contributed by atoms with Gasteiger partial charge in [-0.2, -0.15) is 0 Å². The minimum absolute atomic E-state index is 0.142. The van der Waals surface area contributed by atoms with Gasteiger partial charge in [0, 0.05) is 4.88 Å². The molecule has 1 aliphatic rings. The summed E-state index contributed by atoms with van der Waals surface area (Å²) >= 11 is 1.45. The summed E-state index contributed by atoms with van der Waals surface area (Å²) in [5.41, 5.74) is -1.02. The monoisotopic (exact) mass is 319 g/mol. The molecule has 1 heterocycles. The van der Waals surface area contributed by atoms with Crippen molar-refractivity contribution in [3.8, 4) is 0 Å². The minimum atomic E-state index is -1.10. The van der Waals surface area contributed by atoms with Crippen LogP contribution in [0.3, 0.4) is 0 Å². The van der Waals surface area contributed by atoms with Gasteiger partial charge in [0.1, 0.15) is 11.4 Å². The quantitative estimate of drug-likeness (QED) is 0.890. The topological polar surface area (TPSA) is 49.3 Å². The summed E-state index contributed by atoms with van der Waals surface area (Å²) in [6.07, 6.45) is 1.42. The molecule has 1 aliphatic carbocycles. The van der Waals surface area contributed by atoms with Crippen molar-refractivity contribution in [2.75, 3.05) is 6.54 Å². The first-order chi connectivity index (χ1) is 10.4. The van der Waals surface area contributed by atoms with E-state index in [1.807, 2.05) is 17.5 Å². The van der Waals surface area contributed by atoms with Crippen LogP contribution in [-0.2, 0) is 15.8 Å². The number of halogens is 1. The molecule has 1 atom stereocenters. The van der Waals surface area contributed by atoms with Crippen LogP contribution in [0.4, 0.5) is 4.39 Å². The zero-order chi connectivity index (χ0) is 15.8. The van der Waals surface area contributed by atoms with E-state index in [1.165, 1.54) is 23.5 Å². The van der Waals surface area contributed by atoms with E-state index in [-0.39, 0.29) is 18.3 Å². The molecule has 3 rings (SSSR count). The first-order valence-electron chi connectivity index (χ1n) is 7.25. The molecule has 22 heavy (non-hydrogen) atoms. The first-order valence-corrected chi connectivity index (χ1v) is 8.13. The van der Waals surface area contributed by atoms with Crippen LogP contribution in [0, 0.1) is 5.82 Å². The molecule has 1 aromatic heterocycles. The maximum Gasteiger partial charge on any atom is 0.230 e. The second kappa shape index (κ2) is 5.48. The molecule has 0 radical (unpaired) electrons. The Morgan fingerprint density at radius 1 is 1.41 bits per heavy atom. The molecule has 1 amide bonds. The van der Waals surface area contributed by atoms with Crippen LogP contribution in [-0.4, -0.2) is 17.6 Å². The van der Waals surface area contributed by atoms with Crippen molar-refractivity contribution >= 4 is 17.2 Å². The normalized spacial score (nSPS) is 18.5. The molecule has 116 valence electrons. The predicted molar refractivity (Wildman–Crippen MR) is 84.2 cm³/mol. The maximum absolute atomic E-state index is 13.4. The molecule has 3 nitrogen and oxygen atoms in total. The molecular formula is C17H18FNO2S. The number of amides is 1. The summed E-state index contributed by atoms with van der Waals surface area (Å²) < 4.78 is 13.4. The third-order valence-corrected chi connectivity index (χ3v) is 5.33. The summed E-state index contributed by atoms with van der Waals surface area (Å²) in [5, 5.41) is 15.2. The number of thiophene rings is 1. The van der Waals surface area contributed by atoms with E-state index in [0.717, 1.165) is 4.88 Å². The highest BCUT2D eigenvalue weighted by molar-refractivity contribution is 7.10. The number of aliphatic hydroxyl groups is 1. The van der Waals surface area contributed by atoms with E-state index in [2.05, 4.69) is 5.32 Å². The van der Waals surface area contributed by atoms with E-state index < -0.39 is 11.0 Å². The molecule has 2 aromatic rings. The SMILES string of the molecule is CC(O)(CNC(=O)C1(c2cccc(F)c2)CC1)c1cccs1. The van der Waals surface area contributed by atoms with E-state index >= 15 is 0 Å². The van der Waals surface area contributed by atoms with Crippen molar-refractivity contribution < 1.29 is 14.3 Å². The van der Waals surface area contributed by atoms with Crippen molar-refractivity contribution in [2.24, 2.45) is 0 Å². The van der Waals surface area contributed by atoms with Crippen LogP contribution < -0.4 is 5.32 Å². The van der Waals surface area contributed by atoms with Gasteiger partial charge in [0.05, 0.1) is 12.0 Å². The van der Waals surface area contributed by atoms with Crippen molar-refractivity contribution in [2.45, 2.75) is 30.8 Å². The van der Waals surface area contributed by atoms with Gasteiger partial charge >= 0.3 is 0 Å². The Hall–Kier alpha value is -1.72. The van der Waals surface area contributed by atoms with Gasteiger partial charge in [-0.3, -0.25) is 4.79 Å². The first kappa shape index (κ1) is 15.2. The van der Waals surface area contributed by atoms with Crippen molar-refractivity contribution in [3.63, 3.8) is 0 Å². The smallest absolute Gasteiger partial charge is 0.230 e. The Bertz CT molecular complexity index is 678. The number of benzene rings is 1. The zero-order valence-corrected chi connectivity index (χ0v) is 13.1. The second-order valence-electron chi connectivity index (χ2n) is 6.03. The van der Waals surface area contributed by atoms with Gasteiger partial charge in [-0.25, -0.2) is 4.39 Å². The van der Waals surface area contributed by atoms with Gasteiger partial charge in [-0.1, -0.05) is 18.2 Å². The summed E-state index contributed by atoms with van der Waals surface area (Å²) in [6.45, 7) is 1.82. The minimum Gasteiger partial charge on any atom is -0.383 e. The fourth-order valence-electron chi connectivity index (χ4n) is 2.65. The molecule has 1 saturated carbocycles. The van der Waals surface area contributed by atoms with Crippen LogP contribution in [0.15, 0.2) is 41.8 Å². The average Bonchev–Trinajstić information content (AvgIpc) is 3.11. The van der Waals surface area contributed by atoms with Gasteiger partial charge in [0.25, 0.3) is 0 Å². The Morgan fingerprint density at radius 2 is 2.18 bits per heavy atom. The Kier molecular flexibility index (Phi) is 3.78. The summed E-state index contributed by atoms with van der Waals surface area (Å²) in [5.74, 6) is -0.475. The average molecular weight is 319 g/mol. The lowest BCUT2D eigenvalue weighted by molar-refractivity contribution is -0.124. The number of carbonyl (C=O) groups is 1. The maximum atomic E-state index is 13.4. The van der Waals surface area contributed by atoms with E-state index in [1.54, 1.807) is 19.1 Å². The van der Waals surface area contributed by atoms with Crippen molar-refractivity contribution in [1.29, 1.82) is 0 Å². The lowest BCUT2D eigenvalue weighted by Gasteiger charge is -2.24. The molecule has 2 N–H and O–H groups in total. The standard InChI is InChI=1S/C17H18FNO2S/c1-16(21,14-6-3-9-22-14)11-19-15(20)17(7-8-17)12-4-2-5-13(18)10-12/h2-6,9-10,21H,7-8,11H2,1H3,(H,19,20). The highest BCUT2D eigenvalue weighted by Gasteiger charge is 2.51. The van der Waals surface area contributed by atoms with Gasteiger partial charge in [-0.05, 0) is 48.9 Å². The Morgan fingerprint density at radius 3 is 2.77 bits per heavy atom. The van der Waals surface area contributed by atoms with E-state index in [9.17, 15) is 14.3 Å². The van der Waals surface area contributed by atoms with Crippen LogP contribution >= 0.6 is 11.3 Å². The largest absolute Gasteiger partial charge is 0.383 e. The van der Waals surface area contributed by atoms with Gasteiger partial charge in [0.2, 0.25) is 5.91 Å². The molecule has 0 saturated heterocycles. The Labute approximate surface area is 132 Å². The molecule has 0 spiro atoms. The van der Waals surface area contributed by atoms with Gasteiger partial charge in [-0.15, -0.1) is 11.3 Å². The number of hydrogen-bond donors (Lipinski definition) is 2.